The van der Waals surface area contributed by atoms with E-state index in [1.165, 1.54) is 6.07 Å². The number of aromatic nitrogens is 3. The van der Waals surface area contributed by atoms with Crippen molar-refractivity contribution in [1.82, 2.24) is 14.6 Å². The molecule has 7 heteroatoms. The molecule has 0 aliphatic heterocycles. The molecule has 0 unspecified atom stereocenters. The second-order valence-electron chi connectivity index (χ2n) is 6.41. The van der Waals surface area contributed by atoms with Gasteiger partial charge in [0.1, 0.15) is 5.82 Å². The lowest BCUT2D eigenvalue weighted by Gasteiger charge is -2.26. The molecule has 2 heterocycles. The molecule has 0 bridgehead atoms. The zero-order valence-electron chi connectivity index (χ0n) is 13.5. The summed E-state index contributed by atoms with van der Waals surface area (Å²) in [6.45, 7) is 0. The fourth-order valence-corrected chi connectivity index (χ4v) is 3.23. The minimum absolute atomic E-state index is 0.206. The largest absolute Gasteiger partial charge is 0.393 e. The number of hydrogen-bond donors (Lipinski definition) is 2. The number of aliphatic hydroxyl groups is 1. The van der Waals surface area contributed by atoms with Crippen molar-refractivity contribution < 1.29 is 13.9 Å². The predicted octanol–water partition coefficient (Wildman–Crippen LogP) is 3.39. The Kier molecular flexibility index (Phi) is 4.09. The van der Waals surface area contributed by atoms with Gasteiger partial charge in [-0.3, -0.25) is 0 Å². The monoisotopic (exact) mass is 344 g/mol. The number of anilines is 1. The Hall–Kier alpha value is -2.54. The molecule has 0 spiro atoms. The quantitative estimate of drug-likeness (QED) is 0.764. The van der Waals surface area contributed by atoms with E-state index in [0.29, 0.717) is 22.7 Å². The number of rotatable bonds is 3. The van der Waals surface area contributed by atoms with Crippen LogP contribution in [0.2, 0.25) is 0 Å². The average molecular weight is 344 g/mol. The molecule has 5 nitrogen and oxygen atoms in total. The molecular weight excluding hydrogens is 326 g/mol. The van der Waals surface area contributed by atoms with Gasteiger partial charge in [0, 0.05) is 11.6 Å². The molecule has 2 aromatic heterocycles. The molecule has 4 rings (SSSR count). The molecular formula is C18H18F2N4O. The van der Waals surface area contributed by atoms with Crippen LogP contribution in [0.15, 0.2) is 36.5 Å². The van der Waals surface area contributed by atoms with Crippen LogP contribution in [-0.2, 0) is 0 Å². The highest BCUT2D eigenvalue weighted by molar-refractivity contribution is 5.63. The van der Waals surface area contributed by atoms with Crippen molar-refractivity contribution in [2.45, 2.75) is 37.8 Å². The summed E-state index contributed by atoms with van der Waals surface area (Å²) in [5.41, 5.74) is 1.73. The molecule has 2 N–H and O–H groups in total. The summed E-state index contributed by atoms with van der Waals surface area (Å²) in [6, 6.07) is 7.69. The lowest BCUT2D eigenvalue weighted by molar-refractivity contribution is 0.126. The van der Waals surface area contributed by atoms with Crippen LogP contribution in [-0.4, -0.2) is 31.9 Å². The van der Waals surface area contributed by atoms with E-state index in [2.05, 4.69) is 15.4 Å². The van der Waals surface area contributed by atoms with Gasteiger partial charge in [-0.15, -0.1) is 5.10 Å². The first-order valence-corrected chi connectivity index (χ1v) is 8.35. The third kappa shape index (κ3) is 3.19. The molecule has 130 valence electrons. The van der Waals surface area contributed by atoms with Gasteiger partial charge >= 0.3 is 0 Å². The molecule has 1 aromatic carbocycles. The molecule has 0 saturated heterocycles. The molecule has 0 radical (unpaired) electrons. The summed E-state index contributed by atoms with van der Waals surface area (Å²) in [5.74, 6) is -1.09. The van der Waals surface area contributed by atoms with E-state index in [0.717, 1.165) is 37.8 Å². The van der Waals surface area contributed by atoms with E-state index >= 15 is 0 Å². The highest BCUT2D eigenvalue weighted by Crippen LogP contribution is 2.24. The second-order valence-corrected chi connectivity index (χ2v) is 6.41. The van der Waals surface area contributed by atoms with Gasteiger partial charge in [0.2, 0.25) is 0 Å². The Bertz CT molecular complexity index is 903. The van der Waals surface area contributed by atoms with Crippen LogP contribution in [0, 0.1) is 11.6 Å². The van der Waals surface area contributed by atoms with Crippen LogP contribution in [0.3, 0.4) is 0 Å². The maximum absolute atomic E-state index is 13.5. The van der Waals surface area contributed by atoms with Crippen LogP contribution < -0.4 is 5.32 Å². The number of halogens is 2. The van der Waals surface area contributed by atoms with Gasteiger partial charge in [-0.05, 0) is 56.0 Å². The number of hydrogen-bond acceptors (Lipinski definition) is 4. The Morgan fingerprint density at radius 1 is 1.04 bits per heavy atom. The number of benzene rings is 1. The van der Waals surface area contributed by atoms with E-state index in [-0.39, 0.29) is 12.1 Å². The van der Waals surface area contributed by atoms with Crippen LogP contribution in [0.1, 0.15) is 25.7 Å². The lowest BCUT2D eigenvalue weighted by atomic mass is 9.93. The van der Waals surface area contributed by atoms with Crippen molar-refractivity contribution in [1.29, 1.82) is 0 Å². The van der Waals surface area contributed by atoms with Crippen molar-refractivity contribution >= 4 is 11.5 Å². The van der Waals surface area contributed by atoms with Crippen molar-refractivity contribution in [3.63, 3.8) is 0 Å². The molecule has 1 aliphatic rings. The zero-order chi connectivity index (χ0) is 17.4. The Balaban J connectivity index is 1.64. The lowest BCUT2D eigenvalue weighted by Crippen LogP contribution is -2.28. The number of aliphatic hydroxyl groups excluding tert-OH is 1. The van der Waals surface area contributed by atoms with Crippen LogP contribution in [0.5, 0.6) is 0 Å². The van der Waals surface area contributed by atoms with Crippen molar-refractivity contribution in [2.24, 2.45) is 0 Å². The Labute approximate surface area is 143 Å². The fraction of sp³-hybridized carbons (Fsp3) is 0.333. The standard InChI is InChI=1S/C18H18F2N4O/c19-14-6-1-11(9-15(14)20)16-10-21-18-8-7-17(23-24(16)18)22-12-2-4-13(25)5-3-12/h1,6-10,12-13,25H,2-5H2,(H,22,23)/t12-,13-. The highest BCUT2D eigenvalue weighted by atomic mass is 19.2. The van der Waals surface area contributed by atoms with Gasteiger partial charge in [-0.1, -0.05) is 0 Å². The summed E-state index contributed by atoms with van der Waals surface area (Å²) in [5, 5.41) is 17.5. The van der Waals surface area contributed by atoms with Gasteiger partial charge < -0.3 is 10.4 Å². The van der Waals surface area contributed by atoms with Gasteiger partial charge in [0.05, 0.1) is 18.0 Å². The molecule has 0 amide bonds. The van der Waals surface area contributed by atoms with Gasteiger partial charge in [-0.2, -0.15) is 0 Å². The number of fused-ring (bicyclic) bond motifs is 1. The summed E-state index contributed by atoms with van der Waals surface area (Å²) in [6.07, 6.45) is 4.73. The van der Waals surface area contributed by atoms with E-state index in [1.54, 1.807) is 10.7 Å². The summed E-state index contributed by atoms with van der Waals surface area (Å²) < 4.78 is 28.3. The Morgan fingerprint density at radius 2 is 1.84 bits per heavy atom. The Morgan fingerprint density at radius 3 is 2.60 bits per heavy atom. The van der Waals surface area contributed by atoms with Crippen molar-refractivity contribution in [3.05, 3.63) is 48.2 Å². The number of imidazole rings is 1. The number of nitrogens with zero attached hydrogens (tertiary/aromatic N) is 3. The van der Waals surface area contributed by atoms with Crippen LogP contribution in [0.4, 0.5) is 14.6 Å². The van der Waals surface area contributed by atoms with E-state index in [9.17, 15) is 13.9 Å². The molecule has 1 fully saturated rings. The summed E-state index contributed by atoms with van der Waals surface area (Å²) in [7, 11) is 0. The first kappa shape index (κ1) is 16.0. The zero-order valence-corrected chi connectivity index (χ0v) is 13.5. The SMILES string of the molecule is O[C@H]1CC[C@H](Nc2ccc3ncc(-c4ccc(F)c(F)c4)n3n2)CC1. The number of nitrogens with one attached hydrogen (secondary N) is 1. The maximum atomic E-state index is 13.5. The topological polar surface area (TPSA) is 62.5 Å². The fourth-order valence-electron chi connectivity index (χ4n) is 3.23. The molecule has 25 heavy (non-hydrogen) atoms. The van der Waals surface area contributed by atoms with Gasteiger partial charge in [0.25, 0.3) is 0 Å². The molecule has 1 saturated carbocycles. The summed E-state index contributed by atoms with van der Waals surface area (Å²) in [4.78, 5) is 4.27. The van der Waals surface area contributed by atoms with E-state index in [4.69, 9.17) is 0 Å². The first-order chi connectivity index (χ1) is 12.1. The first-order valence-electron chi connectivity index (χ1n) is 8.35. The maximum Gasteiger partial charge on any atom is 0.159 e. The highest BCUT2D eigenvalue weighted by Gasteiger charge is 2.20. The minimum Gasteiger partial charge on any atom is -0.393 e. The molecule has 0 atom stereocenters. The van der Waals surface area contributed by atoms with Crippen molar-refractivity contribution in [2.75, 3.05) is 5.32 Å². The second kappa shape index (κ2) is 6.40. The smallest absolute Gasteiger partial charge is 0.159 e. The van der Waals surface area contributed by atoms with Crippen LogP contribution >= 0.6 is 0 Å². The molecule has 1 aliphatic carbocycles. The normalized spacial score (nSPS) is 20.8. The predicted molar refractivity (Wildman–Crippen MR) is 90.2 cm³/mol. The minimum atomic E-state index is -0.900. The third-order valence-corrected chi connectivity index (χ3v) is 4.63. The van der Waals surface area contributed by atoms with Crippen LogP contribution in [0.25, 0.3) is 16.9 Å². The summed E-state index contributed by atoms with van der Waals surface area (Å²) >= 11 is 0. The third-order valence-electron chi connectivity index (χ3n) is 4.63. The van der Waals surface area contributed by atoms with Crippen molar-refractivity contribution in [3.8, 4) is 11.3 Å². The van der Waals surface area contributed by atoms with Gasteiger partial charge in [-0.25, -0.2) is 18.3 Å². The molecule has 3 aromatic rings. The van der Waals surface area contributed by atoms with E-state index in [1.807, 2.05) is 12.1 Å². The van der Waals surface area contributed by atoms with Gasteiger partial charge in [0.15, 0.2) is 17.3 Å². The van der Waals surface area contributed by atoms with E-state index < -0.39 is 11.6 Å². The average Bonchev–Trinajstić information content (AvgIpc) is 3.03.